The number of nitrogens with zero attached hydrogens (tertiary/aromatic N) is 1. The van der Waals surface area contributed by atoms with Gasteiger partial charge in [0.2, 0.25) is 0 Å². The van der Waals surface area contributed by atoms with Crippen molar-refractivity contribution >= 4 is 17.7 Å². The number of hydrogen-bond donors (Lipinski definition) is 2. The van der Waals surface area contributed by atoms with Gasteiger partial charge in [-0.2, -0.15) is 17.0 Å². The van der Waals surface area contributed by atoms with Crippen molar-refractivity contribution in [2.24, 2.45) is 11.1 Å². The third-order valence-corrected chi connectivity index (χ3v) is 3.43. The molecule has 0 aromatic heterocycles. The molecule has 0 spiro atoms. The van der Waals surface area contributed by atoms with Gasteiger partial charge in [-0.1, -0.05) is 6.42 Å². The fourth-order valence-electron chi connectivity index (χ4n) is 1.11. The molecule has 0 amide bonds. The van der Waals surface area contributed by atoms with Crippen molar-refractivity contribution in [1.82, 2.24) is 0 Å². The number of unbranched alkanes of at least 4 members (excludes halogenated alkanes) is 1. The summed E-state index contributed by atoms with van der Waals surface area (Å²) in [6, 6.07) is 1.50. The van der Waals surface area contributed by atoms with Gasteiger partial charge < -0.3 is 10.8 Å². The lowest BCUT2D eigenvalue weighted by atomic mass is 9.89. The summed E-state index contributed by atoms with van der Waals surface area (Å²) in [5, 5.41) is 17.3. The largest absolute Gasteiger partial charge is 0.480 e. The standard InChI is InChI=1S/C11H20N2O2S/c1-11(2,8-12)5-3-4-6-16-7-9(13)10(14)15/h9H,3-7,13H2,1-2H3,(H,14,15). The van der Waals surface area contributed by atoms with E-state index in [1.807, 2.05) is 13.8 Å². The van der Waals surface area contributed by atoms with Crippen molar-refractivity contribution in [3.05, 3.63) is 0 Å². The first kappa shape index (κ1) is 15.3. The van der Waals surface area contributed by atoms with Gasteiger partial charge in [-0.25, -0.2) is 0 Å². The Balaban J connectivity index is 3.42. The molecule has 0 aromatic carbocycles. The number of aliphatic carboxylic acids is 1. The smallest absolute Gasteiger partial charge is 0.321 e. The predicted octanol–water partition coefficient (Wildman–Crippen LogP) is 1.85. The SMILES string of the molecule is CC(C)(C#N)CCCCSCC(N)C(=O)O. The molecule has 4 nitrogen and oxygen atoms in total. The number of nitriles is 1. The van der Waals surface area contributed by atoms with Crippen LogP contribution in [0.15, 0.2) is 0 Å². The third-order valence-electron chi connectivity index (χ3n) is 2.26. The minimum absolute atomic E-state index is 0.248. The molecule has 0 saturated carbocycles. The Hall–Kier alpha value is -0.730. The van der Waals surface area contributed by atoms with Crippen molar-refractivity contribution in [2.75, 3.05) is 11.5 Å². The van der Waals surface area contributed by atoms with Crippen LogP contribution in [0.2, 0.25) is 0 Å². The zero-order valence-corrected chi connectivity index (χ0v) is 10.7. The molecule has 1 unspecified atom stereocenters. The van der Waals surface area contributed by atoms with Crippen LogP contribution in [0.4, 0.5) is 0 Å². The van der Waals surface area contributed by atoms with Crippen molar-refractivity contribution in [3.63, 3.8) is 0 Å². The van der Waals surface area contributed by atoms with E-state index in [9.17, 15) is 4.79 Å². The summed E-state index contributed by atoms with van der Waals surface area (Å²) >= 11 is 1.56. The number of rotatable bonds is 8. The number of hydrogen-bond acceptors (Lipinski definition) is 4. The number of carboxylic acid groups (broad SMARTS) is 1. The summed E-state index contributed by atoms with van der Waals surface area (Å²) in [6.07, 6.45) is 2.88. The first-order valence-electron chi connectivity index (χ1n) is 5.36. The Morgan fingerprint density at radius 1 is 1.56 bits per heavy atom. The third kappa shape index (κ3) is 7.55. The summed E-state index contributed by atoms with van der Waals surface area (Å²) in [5.74, 6) is 0.414. The summed E-state index contributed by atoms with van der Waals surface area (Å²) < 4.78 is 0. The highest BCUT2D eigenvalue weighted by Crippen LogP contribution is 2.22. The van der Waals surface area contributed by atoms with E-state index in [2.05, 4.69) is 6.07 Å². The average Bonchev–Trinajstić information content (AvgIpc) is 2.22. The van der Waals surface area contributed by atoms with Gasteiger partial charge in [0, 0.05) is 5.75 Å². The van der Waals surface area contributed by atoms with Crippen molar-refractivity contribution in [1.29, 1.82) is 5.26 Å². The first-order valence-corrected chi connectivity index (χ1v) is 6.52. The molecule has 5 heteroatoms. The van der Waals surface area contributed by atoms with Gasteiger partial charge in [0.15, 0.2) is 0 Å². The summed E-state index contributed by atoms with van der Waals surface area (Å²) in [4.78, 5) is 10.4. The molecule has 1 atom stereocenters. The molecule has 0 radical (unpaired) electrons. The van der Waals surface area contributed by atoms with E-state index >= 15 is 0 Å². The first-order chi connectivity index (χ1) is 7.39. The van der Waals surface area contributed by atoms with E-state index in [1.165, 1.54) is 0 Å². The quantitative estimate of drug-likeness (QED) is 0.636. The molecule has 0 saturated heterocycles. The van der Waals surface area contributed by atoms with Gasteiger partial charge in [0.25, 0.3) is 0 Å². The molecule has 92 valence electrons. The van der Waals surface area contributed by atoms with Crippen LogP contribution in [0.3, 0.4) is 0 Å². The minimum Gasteiger partial charge on any atom is -0.480 e. The zero-order chi connectivity index (χ0) is 12.6. The second-order valence-electron chi connectivity index (χ2n) is 4.47. The topological polar surface area (TPSA) is 87.1 Å². The van der Waals surface area contributed by atoms with Crippen molar-refractivity contribution in [3.8, 4) is 6.07 Å². The molecule has 3 N–H and O–H groups in total. The highest BCUT2D eigenvalue weighted by molar-refractivity contribution is 7.99. The van der Waals surface area contributed by atoms with Crippen LogP contribution in [-0.4, -0.2) is 28.6 Å². The molecule has 0 aliphatic heterocycles. The Kier molecular flexibility index (Phi) is 7.18. The Labute approximate surface area is 101 Å². The molecule has 0 aromatic rings. The molecule has 0 bridgehead atoms. The highest BCUT2D eigenvalue weighted by Gasteiger charge is 2.15. The highest BCUT2D eigenvalue weighted by atomic mass is 32.2. The fraction of sp³-hybridized carbons (Fsp3) is 0.818. The Morgan fingerprint density at radius 3 is 2.69 bits per heavy atom. The van der Waals surface area contributed by atoms with Crippen LogP contribution >= 0.6 is 11.8 Å². The van der Waals surface area contributed by atoms with E-state index in [0.29, 0.717) is 5.75 Å². The number of carbonyl (C=O) groups is 1. The second-order valence-corrected chi connectivity index (χ2v) is 5.62. The maximum absolute atomic E-state index is 10.4. The second kappa shape index (κ2) is 7.53. The molecule has 0 aliphatic carbocycles. The van der Waals surface area contributed by atoms with E-state index in [-0.39, 0.29) is 5.41 Å². The van der Waals surface area contributed by atoms with Gasteiger partial charge in [-0.05, 0) is 32.4 Å². The normalized spacial score (nSPS) is 13.1. The van der Waals surface area contributed by atoms with Crippen LogP contribution < -0.4 is 5.73 Å². The molecule has 0 fully saturated rings. The number of nitrogens with two attached hydrogens (primary N) is 1. The average molecular weight is 244 g/mol. The predicted molar refractivity (Wildman–Crippen MR) is 66.2 cm³/mol. The molecular formula is C11H20N2O2S. The summed E-state index contributed by atoms with van der Waals surface area (Å²) in [6.45, 7) is 3.86. The lowest BCUT2D eigenvalue weighted by molar-refractivity contribution is -0.137. The summed E-state index contributed by atoms with van der Waals surface area (Å²) in [7, 11) is 0. The summed E-state index contributed by atoms with van der Waals surface area (Å²) in [5.41, 5.74) is 5.11. The van der Waals surface area contributed by atoms with Crippen LogP contribution in [0.5, 0.6) is 0 Å². The minimum atomic E-state index is -0.946. The fourth-order valence-corrected chi connectivity index (χ4v) is 2.08. The van der Waals surface area contributed by atoms with Gasteiger partial charge in [0.1, 0.15) is 6.04 Å². The van der Waals surface area contributed by atoms with E-state index < -0.39 is 12.0 Å². The molecule has 16 heavy (non-hydrogen) atoms. The molecule has 0 rings (SSSR count). The monoisotopic (exact) mass is 244 g/mol. The van der Waals surface area contributed by atoms with Crippen LogP contribution in [0.1, 0.15) is 33.1 Å². The maximum Gasteiger partial charge on any atom is 0.321 e. The van der Waals surface area contributed by atoms with Crippen molar-refractivity contribution in [2.45, 2.75) is 39.2 Å². The van der Waals surface area contributed by atoms with Crippen LogP contribution in [-0.2, 0) is 4.79 Å². The van der Waals surface area contributed by atoms with Gasteiger partial charge in [-0.3, -0.25) is 4.79 Å². The van der Waals surface area contributed by atoms with E-state index in [1.54, 1.807) is 11.8 Å². The Morgan fingerprint density at radius 2 is 2.19 bits per heavy atom. The van der Waals surface area contributed by atoms with Crippen LogP contribution in [0.25, 0.3) is 0 Å². The van der Waals surface area contributed by atoms with E-state index in [0.717, 1.165) is 25.0 Å². The number of carboxylic acids is 1. The van der Waals surface area contributed by atoms with Gasteiger partial charge >= 0.3 is 5.97 Å². The van der Waals surface area contributed by atoms with Gasteiger partial charge in [0.05, 0.1) is 11.5 Å². The number of thioether (sulfide) groups is 1. The van der Waals surface area contributed by atoms with Gasteiger partial charge in [-0.15, -0.1) is 0 Å². The lowest BCUT2D eigenvalue weighted by Gasteiger charge is -2.14. The maximum atomic E-state index is 10.4. The zero-order valence-electron chi connectivity index (χ0n) is 9.90. The lowest BCUT2D eigenvalue weighted by Crippen LogP contribution is -2.32. The van der Waals surface area contributed by atoms with Crippen LogP contribution in [0, 0.1) is 16.7 Å². The molecule has 0 heterocycles. The van der Waals surface area contributed by atoms with E-state index in [4.69, 9.17) is 16.1 Å². The molecule has 0 aliphatic rings. The Bertz CT molecular complexity index is 261. The molecular weight excluding hydrogens is 224 g/mol. The van der Waals surface area contributed by atoms with Crippen molar-refractivity contribution < 1.29 is 9.90 Å².